The molecule has 1 aromatic heterocycles. The monoisotopic (exact) mass is 295 g/mol. The molecule has 1 unspecified atom stereocenters. The summed E-state index contributed by atoms with van der Waals surface area (Å²) in [7, 11) is 1.74. The van der Waals surface area contributed by atoms with Crippen LogP contribution in [0.4, 0.5) is 16.2 Å². The molecule has 0 radical (unpaired) electrons. The summed E-state index contributed by atoms with van der Waals surface area (Å²) >= 11 is 6.16. The Kier molecular flexibility index (Phi) is 4.36. The average molecular weight is 296 g/mol. The van der Waals surface area contributed by atoms with Crippen molar-refractivity contribution >= 4 is 23.4 Å². The Hall–Kier alpha value is -1.92. The maximum atomic E-state index is 13.9. The van der Waals surface area contributed by atoms with Crippen LogP contribution in [0.5, 0.6) is 0 Å². The van der Waals surface area contributed by atoms with Crippen LogP contribution in [-0.4, -0.2) is 17.0 Å². The molecule has 0 aliphatic rings. The van der Waals surface area contributed by atoms with E-state index >= 15 is 0 Å². The van der Waals surface area contributed by atoms with Gasteiger partial charge in [0.15, 0.2) is 11.6 Å². The van der Waals surface area contributed by atoms with Crippen LogP contribution in [0.1, 0.15) is 18.5 Å². The minimum atomic E-state index is -0.523. The van der Waals surface area contributed by atoms with Gasteiger partial charge in [-0.15, -0.1) is 0 Å². The van der Waals surface area contributed by atoms with Crippen molar-refractivity contribution in [1.82, 2.24) is 9.97 Å². The van der Waals surface area contributed by atoms with Gasteiger partial charge in [0.05, 0.1) is 12.2 Å². The molecule has 0 saturated carbocycles. The predicted octanol–water partition coefficient (Wildman–Crippen LogP) is 2.75. The number of hydrazine groups is 1. The fourth-order valence-electron chi connectivity index (χ4n) is 1.88. The summed E-state index contributed by atoms with van der Waals surface area (Å²) in [6.45, 7) is 1.91. The van der Waals surface area contributed by atoms with Gasteiger partial charge in [-0.3, -0.25) is 5.43 Å². The summed E-state index contributed by atoms with van der Waals surface area (Å²) in [5, 5.41) is 0.624. The van der Waals surface area contributed by atoms with E-state index in [4.69, 9.17) is 17.4 Å². The molecule has 2 rings (SSSR count). The summed E-state index contributed by atoms with van der Waals surface area (Å²) in [5.74, 6) is 5.03. The van der Waals surface area contributed by atoms with E-state index in [1.54, 1.807) is 18.0 Å². The maximum Gasteiger partial charge on any atom is 0.239 e. The molecule has 5 nitrogen and oxygen atoms in total. The third-order valence-corrected chi connectivity index (χ3v) is 3.47. The highest BCUT2D eigenvalue weighted by molar-refractivity contribution is 6.31. The van der Waals surface area contributed by atoms with Crippen LogP contribution in [0, 0.1) is 5.82 Å². The molecule has 1 heterocycles. The number of hydrogen-bond donors (Lipinski definition) is 2. The summed E-state index contributed by atoms with van der Waals surface area (Å²) in [4.78, 5) is 9.42. The predicted molar refractivity (Wildman–Crippen MR) is 78.1 cm³/mol. The van der Waals surface area contributed by atoms with Gasteiger partial charge in [0, 0.05) is 12.1 Å². The van der Waals surface area contributed by atoms with Crippen molar-refractivity contribution in [1.29, 1.82) is 0 Å². The molecule has 0 amide bonds. The molecule has 0 fully saturated rings. The zero-order valence-electron chi connectivity index (χ0n) is 11.1. The van der Waals surface area contributed by atoms with Gasteiger partial charge in [0.1, 0.15) is 0 Å². The van der Waals surface area contributed by atoms with Gasteiger partial charge in [-0.25, -0.2) is 15.2 Å². The lowest BCUT2D eigenvalue weighted by atomic mass is 10.1. The van der Waals surface area contributed by atoms with E-state index in [2.05, 4.69) is 15.4 Å². The molecule has 0 spiro atoms. The first-order valence-corrected chi connectivity index (χ1v) is 6.38. The largest absolute Gasteiger partial charge is 0.350 e. The molecule has 0 bridgehead atoms. The van der Waals surface area contributed by atoms with E-state index in [9.17, 15) is 4.39 Å². The molecule has 20 heavy (non-hydrogen) atoms. The lowest BCUT2D eigenvalue weighted by Gasteiger charge is -2.27. The lowest BCUT2D eigenvalue weighted by molar-refractivity contribution is 0.596. The van der Waals surface area contributed by atoms with Gasteiger partial charge >= 0.3 is 0 Å². The normalized spacial score (nSPS) is 12.1. The molecule has 0 aliphatic carbocycles. The van der Waals surface area contributed by atoms with Crippen molar-refractivity contribution in [2.75, 3.05) is 17.4 Å². The Morgan fingerprint density at radius 3 is 2.75 bits per heavy atom. The molecular formula is C13H15ClFN5. The summed E-state index contributed by atoms with van der Waals surface area (Å²) in [5.41, 5.74) is 3.18. The number of nitrogens with zero attached hydrogens (tertiary/aromatic N) is 3. The standard InChI is InChI=1S/C13H15ClFN5/c1-8(9-5-3-4-6-10(9)14)20(2)12-11(15)7-17-13(18-12)19-16/h3-8H,16H2,1-2H3,(H,17,18,19). The number of anilines is 2. The van der Waals surface area contributed by atoms with Gasteiger partial charge in [-0.1, -0.05) is 29.8 Å². The van der Waals surface area contributed by atoms with Crippen molar-refractivity contribution in [3.8, 4) is 0 Å². The Morgan fingerprint density at radius 1 is 1.40 bits per heavy atom. The second kappa shape index (κ2) is 6.02. The smallest absolute Gasteiger partial charge is 0.239 e. The Balaban J connectivity index is 2.36. The van der Waals surface area contributed by atoms with Crippen LogP contribution in [0.25, 0.3) is 0 Å². The van der Waals surface area contributed by atoms with E-state index in [0.717, 1.165) is 11.8 Å². The molecular weight excluding hydrogens is 281 g/mol. The topological polar surface area (TPSA) is 67.1 Å². The van der Waals surface area contributed by atoms with Gasteiger partial charge in [0.25, 0.3) is 0 Å². The number of halogens is 2. The zero-order chi connectivity index (χ0) is 14.7. The van der Waals surface area contributed by atoms with Gasteiger partial charge in [0.2, 0.25) is 5.95 Å². The highest BCUT2D eigenvalue weighted by Crippen LogP contribution is 2.30. The molecule has 7 heteroatoms. The zero-order valence-corrected chi connectivity index (χ0v) is 11.9. The number of nitrogen functional groups attached to an aromatic ring is 1. The third kappa shape index (κ3) is 2.81. The number of nitrogens with one attached hydrogen (secondary N) is 1. The Morgan fingerprint density at radius 2 is 2.10 bits per heavy atom. The van der Waals surface area contributed by atoms with Gasteiger partial charge < -0.3 is 4.90 Å². The van der Waals surface area contributed by atoms with Crippen LogP contribution in [-0.2, 0) is 0 Å². The van der Waals surface area contributed by atoms with Crippen LogP contribution < -0.4 is 16.2 Å². The molecule has 1 aromatic carbocycles. The molecule has 106 valence electrons. The third-order valence-electron chi connectivity index (χ3n) is 3.13. The van der Waals surface area contributed by atoms with Crippen molar-refractivity contribution in [2.24, 2.45) is 5.84 Å². The quantitative estimate of drug-likeness (QED) is 0.670. The number of hydrogen-bond acceptors (Lipinski definition) is 5. The van der Waals surface area contributed by atoms with Crippen LogP contribution in [0.2, 0.25) is 5.02 Å². The summed E-state index contributed by atoms with van der Waals surface area (Å²) in [6, 6.07) is 7.27. The van der Waals surface area contributed by atoms with Gasteiger partial charge in [-0.05, 0) is 18.6 Å². The maximum absolute atomic E-state index is 13.9. The SMILES string of the molecule is CC(c1ccccc1Cl)N(C)c1nc(NN)ncc1F. The first-order chi connectivity index (χ1) is 9.54. The fourth-order valence-corrected chi connectivity index (χ4v) is 2.17. The van der Waals surface area contributed by atoms with Crippen LogP contribution in [0.3, 0.4) is 0 Å². The Labute approximate surface area is 121 Å². The van der Waals surface area contributed by atoms with Crippen LogP contribution in [0.15, 0.2) is 30.5 Å². The lowest BCUT2D eigenvalue weighted by Crippen LogP contribution is -2.25. The number of benzene rings is 1. The first kappa shape index (κ1) is 14.5. The summed E-state index contributed by atoms with van der Waals surface area (Å²) < 4.78 is 13.9. The minimum Gasteiger partial charge on any atom is -0.350 e. The van der Waals surface area contributed by atoms with Crippen molar-refractivity contribution in [2.45, 2.75) is 13.0 Å². The molecule has 2 aromatic rings. The number of nitrogens with two attached hydrogens (primary N) is 1. The Bertz CT molecular complexity index is 607. The minimum absolute atomic E-state index is 0.152. The van der Waals surface area contributed by atoms with E-state index < -0.39 is 5.82 Å². The van der Waals surface area contributed by atoms with E-state index in [-0.39, 0.29) is 17.8 Å². The van der Waals surface area contributed by atoms with Crippen molar-refractivity contribution in [3.63, 3.8) is 0 Å². The summed E-state index contributed by atoms with van der Waals surface area (Å²) in [6.07, 6.45) is 1.08. The highest BCUT2D eigenvalue weighted by Gasteiger charge is 2.19. The van der Waals surface area contributed by atoms with E-state index in [1.807, 2.05) is 25.1 Å². The average Bonchev–Trinajstić information content (AvgIpc) is 2.47. The molecule has 1 atom stereocenters. The van der Waals surface area contributed by atoms with Crippen LogP contribution >= 0.6 is 11.6 Å². The van der Waals surface area contributed by atoms with Gasteiger partial charge in [-0.2, -0.15) is 4.98 Å². The number of rotatable bonds is 4. The molecule has 0 saturated heterocycles. The second-order valence-electron chi connectivity index (χ2n) is 4.32. The first-order valence-electron chi connectivity index (χ1n) is 6.01. The second-order valence-corrected chi connectivity index (χ2v) is 4.73. The van der Waals surface area contributed by atoms with Crippen molar-refractivity contribution in [3.05, 3.63) is 46.9 Å². The molecule has 3 N–H and O–H groups in total. The van der Waals surface area contributed by atoms with E-state index in [1.165, 1.54) is 0 Å². The van der Waals surface area contributed by atoms with Crippen molar-refractivity contribution < 1.29 is 4.39 Å². The highest BCUT2D eigenvalue weighted by atomic mass is 35.5. The number of aromatic nitrogens is 2. The van der Waals surface area contributed by atoms with E-state index in [0.29, 0.717) is 5.02 Å². The molecule has 0 aliphatic heterocycles. The fraction of sp³-hybridized carbons (Fsp3) is 0.231.